The first-order valence-corrected chi connectivity index (χ1v) is 17.6. The molecule has 0 aliphatic carbocycles. The highest BCUT2D eigenvalue weighted by atomic mass is 16.4. The molecule has 226 valence electrons. The number of carboxylic acid groups (broad SMARTS) is 1. The number of carbonyl (C=O) groups is 1. The maximum absolute atomic E-state index is 11.6. The molecule has 0 rings (SSSR count). The first-order chi connectivity index (χ1) is 18.7. The highest BCUT2D eigenvalue weighted by molar-refractivity contribution is 5.69. The molecule has 2 heteroatoms. The number of aliphatic carboxylic acids is 1. The number of allylic oxidation sites excluding steroid dienone is 2. The Bertz CT molecular complexity index is 484. The predicted octanol–water partition coefficient (Wildman–Crippen LogP) is 13.0. The lowest BCUT2D eigenvalue weighted by Gasteiger charge is -2.12. The van der Waals surface area contributed by atoms with Crippen LogP contribution in [0.25, 0.3) is 0 Å². The molecule has 0 amide bonds. The molecule has 0 saturated carbocycles. The molecule has 0 fully saturated rings. The van der Waals surface area contributed by atoms with Crippen molar-refractivity contribution >= 4 is 5.97 Å². The van der Waals surface area contributed by atoms with Crippen molar-refractivity contribution in [2.75, 3.05) is 0 Å². The fraction of sp³-hybridized carbons (Fsp3) is 0.917. The molecule has 0 aromatic heterocycles. The molecule has 0 aliphatic rings. The second-order valence-corrected chi connectivity index (χ2v) is 12.1. The summed E-state index contributed by atoms with van der Waals surface area (Å²) in [5.41, 5.74) is 0. The van der Waals surface area contributed by atoms with Gasteiger partial charge in [-0.05, 0) is 38.5 Å². The third-order valence-corrected chi connectivity index (χ3v) is 8.32. The summed E-state index contributed by atoms with van der Waals surface area (Å²) < 4.78 is 0. The quantitative estimate of drug-likeness (QED) is 0.0688. The smallest absolute Gasteiger partial charge is 0.306 e. The lowest BCUT2D eigenvalue weighted by Crippen LogP contribution is -2.13. The van der Waals surface area contributed by atoms with Gasteiger partial charge in [0.2, 0.25) is 0 Å². The van der Waals surface area contributed by atoms with E-state index in [1.165, 1.54) is 167 Å². The molecule has 0 aromatic rings. The van der Waals surface area contributed by atoms with E-state index in [9.17, 15) is 9.90 Å². The predicted molar refractivity (Wildman–Crippen MR) is 170 cm³/mol. The summed E-state index contributed by atoms with van der Waals surface area (Å²) in [6.07, 6.45) is 43.9. The topological polar surface area (TPSA) is 37.3 Å². The Balaban J connectivity index is 3.43. The lowest BCUT2D eigenvalue weighted by atomic mass is 9.94. The first kappa shape index (κ1) is 37.2. The fourth-order valence-electron chi connectivity index (χ4n) is 5.61. The van der Waals surface area contributed by atoms with E-state index in [-0.39, 0.29) is 5.92 Å². The van der Waals surface area contributed by atoms with Gasteiger partial charge in [-0.3, -0.25) is 4.79 Å². The van der Waals surface area contributed by atoms with E-state index >= 15 is 0 Å². The van der Waals surface area contributed by atoms with Gasteiger partial charge in [0.15, 0.2) is 0 Å². The third-order valence-electron chi connectivity index (χ3n) is 8.32. The highest BCUT2D eigenvalue weighted by Gasteiger charge is 2.16. The molecular weight excluding hydrogens is 464 g/mol. The van der Waals surface area contributed by atoms with Crippen molar-refractivity contribution in [1.29, 1.82) is 0 Å². The molecule has 0 saturated heterocycles. The number of unbranched alkanes of at least 4 members (excludes halogenated alkanes) is 25. The van der Waals surface area contributed by atoms with Crippen molar-refractivity contribution in [3.8, 4) is 0 Å². The van der Waals surface area contributed by atoms with E-state index in [4.69, 9.17) is 0 Å². The second-order valence-electron chi connectivity index (χ2n) is 12.1. The zero-order chi connectivity index (χ0) is 27.8. The Morgan fingerprint density at radius 1 is 0.447 bits per heavy atom. The van der Waals surface area contributed by atoms with Gasteiger partial charge >= 0.3 is 5.97 Å². The molecule has 38 heavy (non-hydrogen) atoms. The SMILES string of the molecule is CCCCCCCC/C=C\CCCCCCC(CCCCCCCCCCCCCCCCCC)C(=O)O. The Labute approximate surface area is 240 Å². The van der Waals surface area contributed by atoms with Crippen LogP contribution in [0.1, 0.15) is 206 Å². The van der Waals surface area contributed by atoms with Crippen LogP contribution in [0.2, 0.25) is 0 Å². The molecule has 0 spiro atoms. The van der Waals surface area contributed by atoms with Gasteiger partial charge in [0, 0.05) is 0 Å². The van der Waals surface area contributed by atoms with E-state index in [0.717, 1.165) is 25.7 Å². The van der Waals surface area contributed by atoms with Gasteiger partial charge in [0.1, 0.15) is 0 Å². The van der Waals surface area contributed by atoms with Crippen LogP contribution in [0.3, 0.4) is 0 Å². The van der Waals surface area contributed by atoms with E-state index < -0.39 is 5.97 Å². The van der Waals surface area contributed by atoms with Crippen LogP contribution in [0.15, 0.2) is 12.2 Å². The van der Waals surface area contributed by atoms with Crippen molar-refractivity contribution < 1.29 is 9.90 Å². The molecule has 0 aliphatic heterocycles. The minimum Gasteiger partial charge on any atom is -0.481 e. The summed E-state index contributed by atoms with van der Waals surface area (Å²) in [6.45, 7) is 4.56. The van der Waals surface area contributed by atoms with Crippen molar-refractivity contribution in [1.82, 2.24) is 0 Å². The zero-order valence-corrected chi connectivity index (χ0v) is 26.3. The molecule has 0 bridgehead atoms. The average molecular weight is 535 g/mol. The Morgan fingerprint density at radius 3 is 1.00 bits per heavy atom. The Kier molecular flexibility index (Phi) is 31.7. The fourth-order valence-corrected chi connectivity index (χ4v) is 5.61. The van der Waals surface area contributed by atoms with Crippen LogP contribution in [-0.2, 0) is 4.79 Å². The van der Waals surface area contributed by atoms with Gasteiger partial charge in [-0.2, -0.15) is 0 Å². The van der Waals surface area contributed by atoms with Crippen LogP contribution < -0.4 is 0 Å². The highest BCUT2D eigenvalue weighted by Crippen LogP contribution is 2.20. The molecule has 1 N–H and O–H groups in total. The minimum absolute atomic E-state index is 0.112. The zero-order valence-electron chi connectivity index (χ0n) is 26.3. The van der Waals surface area contributed by atoms with E-state index in [2.05, 4.69) is 26.0 Å². The van der Waals surface area contributed by atoms with Gasteiger partial charge < -0.3 is 5.11 Å². The van der Waals surface area contributed by atoms with E-state index in [1.807, 2.05) is 0 Å². The van der Waals surface area contributed by atoms with Gasteiger partial charge in [-0.1, -0.05) is 180 Å². The summed E-state index contributed by atoms with van der Waals surface area (Å²) in [6, 6.07) is 0. The number of hydrogen-bond acceptors (Lipinski definition) is 1. The van der Waals surface area contributed by atoms with Crippen LogP contribution in [0, 0.1) is 5.92 Å². The van der Waals surface area contributed by atoms with Gasteiger partial charge in [0.05, 0.1) is 5.92 Å². The minimum atomic E-state index is -0.566. The molecule has 1 unspecified atom stereocenters. The molecule has 0 heterocycles. The molecule has 2 nitrogen and oxygen atoms in total. The number of carboxylic acids is 1. The van der Waals surface area contributed by atoms with E-state index in [1.54, 1.807) is 0 Å². The van der Waals surface area contributed by atoms with Crippen LogP contribution in [-0.4, -0.2) is 11.1 Å². The van der Waals surface area contributed by atoms with Gasteiger partial charge in [-0.25, -0.2) is 0 Å². The number of hydrogen-bond donors (Lipinski definition) is 1. The Hall–Kier alpha value is -0.790. The van der Waals surface area contributed by atoms with Gasteiger partial charge in [-0.15, -0.1) is 0 Å². The number of rotatable bonds is 32. The van der Waals surface area contributed by atoms with Crippen LogP contribution >= 0.6 is 0 Å². The molecular formula is C36H70O2. The molecule has 0 aromatic carbocycles. The summed E-state index contributed by atoms with van der Waals surface area (Å²) in [4.78, 5) is 11.6. The van der Waals surface area contributed by atoms with Crippen molar-refractivity contribution in [3.05, 3.63) is 12.2 Å². The maximum Gasteiger partial charge on any atom is 0.306 e. The molecule has 0 radical (unpaired) electrons. The summed E-state index contributed by atoms with van der Waals surface area (Å²) in [5, 5.41) is 9.59. The summed E-state index contributed by atoms with van der Waals surface area (Å²) in [5.74, 6) is -0.678. The standard InChI is InChI=1S/C36H70O2/c1-3-5-7-9-11-13-15-17-19-20-22-24-26-28-30-32-34-35(36(37)38)33-31-29-27-25-23-21-18-16-14-12-10-8-6-4-2/h18,21,35H,3-17,19-20,22-34H2,1-2H3,(H,37,38)/b21-18-. The van der Waals surface area contributed by atoms with Crippen molar-refractivity contribution in [3.63, 3.8) is 0 Å². The first-order valence-electron chi connectivity index (χ1n) is 17.6. The molecule has 1 atom stereocenters. The maximum atomic E-state index is 11.6. The van der Waals surface area contributed by atoms with Crippen LogP contribution in [0.4, 0.5) is 0 Å². The largest absolute Gasteiger partial charge is 0.481 e. The van der Waals surface area contributed by atoms with Crippen molar-refractivity contribution in [2.24, 2.45) is 5.92 Å². The Morgan fingerprint density at radius 2 is 0.711 bits per heavy atom. The van der Waals surface area contributed by atoms with Gasteiger partial charge in [0.25, 0.3) is 0 Å². The normalized spacial score (nSPS) is 12.5. The summed E-state index contributed by atoms with van der Waals surface area (Å²) in [7, 11) is 0. The lowest BCUT2D eigenvalue weighted by molar-refractivity contribution is -0.142. The van der Waals surface area contributed by atoms with Crippen LogP contribution in [0.5, 0.6) is 0 Å². The monoisotopic (exact) mass is 535 g/mol. The van der Waals surface area contributed by atoms with Crippen molar-refractivity contribution in [2.45, 2.75) is 206 Å². The average Bonchev–Trinajstić information content (AvgIpc) is 2.91. The third kappa shape index (κ3) is 29.8. The summed E-state index contributed by atoms with van der Waals surface area (Å²) >= 11 is 0. The van der Waals surface area contributed by atoms with E-state index in [0.29, 0.717) is 0 Å². The second kappa shape index (κ2) is 32.4.